The van der Waals surface area contributed by atoms with Gasteiger partial charge in [-0.1, -0.05) is 28.9 Å². The lowest BCUT2D eigenvalue weighted by atomic mass is 10.2. The Kier molecular flexibility index (Phi) is 2.99. The van der Waals surface area contributed by atoms with E-state index in [0.29, 0.717) is 13.1 Å². The molecule has 2 aromatic rings. The molecule has 0 aliphatic rings. The van der Waals surface area contributed by atoms with Gasteiger partial charge >= 0.3 is 0 Å². The summed E-state index contributed by atoms with van der Waals surface area (Å²) in [6, 6.07) is 7.64. The molecule has 2 N–H and O–H groups in total. The van der Waals surface area contributed by atoms with Gasteiger partial charge < -0.3 is 5.73 Å². The van der Waals surface area contributed by atoms with E-state index in [4.69, 9.17) is 17.3 Å². The Morgan fingerprint density at radius 2 is 2.00 bits per heavy atom. The molecule has 78 valence electrons. The molecule has 4 nitrogen and oxygen atoms in total. The Morgan fingerprint density at radius 3 is 2.67 bits per heavy atom. The molecule has 0 saturated carbocycles. The molecule has 0 amide bonds. The number of hydrogen-bond acceptors (Lipinski definition) is 3. The van der Waals surface area contributed by atoms with Crippen molar-refractivity contribution in [2.24, 2.45) is 5.73 Å². The van der Waals surface area contributed by atoms with Gasteiger partial charge in [0.1, 0.15) is 0 Å². The van der Waals surface area contributed by atoms with Gasteiger partial charge in [-0.3, -0.25) is 0 Å². The van der Waals surface area contributed by atoms with E-state index in [9.17, 15) is 0 Å². The quantitative estimate of drug-likeness (QED) is 0.855. The molecule has 1 aromatic carbocycles. The minimum Gasteiger partial charge on any atom is -0.325 e. The molecule has 1 aromatic heterocycles. The zero-order valence-electron chi connectivity index (χ0n) is 8.10. The topological polar surface area (TPSA) is 56.7 Å². The second kappa shape index (κ2) is 4.42. The van der Waals surface area contributed by atoms with Gasteiger partial charge in [0.2, 0.25) is 0 Å². The number of nitrogens with zero attached hydrogens (tertiary/aromatic N) is 3. The summed E-state index contributed by atoms with van der Waals surface area (Å²) in [6.45, 7) is 1.12. The molecule has 15 heavy (non-hydrogen) atoms. The molecule has 0 spiro atoms. The Hall–Kier alpha value is -1.39. The first-order valence-electron chi connectivity index (χ1n) is 4.61. The standard InChI is InChI=1S/C10H11ClN4/c11-9-3-1-8(2-4-9)7-15-10(5-12)6-13-14-15/h1-4,6H,5,7,12H2. The smallest absolute Gasteiger partial charge is 0.0738 e. The van der Waals surface area contributed by atoms with Gasteiger partial charge in [0.15, 0.2) is 0 Å². The van der Waals surface area contributed by atoms with Gasteiger partial charge in [0, 0.05) is 11.6 Å². The highest BCUT2D eigenvalue weighted by atomic mass is 35.5. The second-order valence-corrected chi connectivity index (χ2v) is 3.65. The van der Waals surface area contributed by atoms with Crippen LogP contribution in [0.5, 0.6) is 0 Å². The van der Waals surface area contributed by atoms with Crippen molar-refractivity contribution in [2.45, 2.75) is 13.1 Å². The van der Waals surface area contributed by atoms with Crippen LogP contribution in [0.3, 0.4) is 0 Å². The summed E-state index contributed by atoms with van der Waals surface area (Å²) >= 11 is 5.80. The predicted molar refractivity (Wildman–Crippen MR) is 58.5 cm³/mol. The van der Waals surface area contributed by atoms with Crippen molar-refractivity contribution in [1.29, 1.82) is 0 Å². The normalized spacial score (nSPS) is 10.5. The number of hydrogen-bond donors (Lipinski definition) is 1. The average Bonchev–Trinajstić information content (AvgIpc) is 2.69. The maximum absolute atomic E-state index is 5.80. The number of nitrogens with two attached hydrogens (primary N) is 1. The van der Waals surface area contributed by atoms with Crippen LogP contribution in [0.25, 0.3) is 0 Å². The molecule has 0 fully saturated rings. The van der Waals surface area contributed by atoms with Crippen LogP contribution in [-0.2, 0) is 13.1 Å². The van der Waals surface area contributed by atoms with Crippen LogP contribution < -0.4 is 5.73 Å². The van der Waals surface area contributed by atoms with E-state index in [0.717, 1.165) is 16.3 Å². The lowest BCUT2D eigenvalue weighted by Gasteiger charge is -2.04. The molecule has 5 heteroatoms. The maximum atomic E-state index is 5.80. The third-order valence-electron chi connectivity index (χ3n) is 2.15. The van der Waals surface area contributed by atoms with Gasteiger partial charge in [-0.15, -0.1) is 5.10 Å². The monoisotopic (exact) mass is 222 g/mol. The van der Waals surface area contributed by atoms with Crippen LogP contribution in [0.1, 0.15) is 11.3 Å². The molecule has 0 saturated heterocycles. The minimum absolute atomic E-state index is 0.445. The first kappa shape index (κ1) is 10.1. The van der Waals surface area contributed by atoms with E-state index < -0.39 is 0 Å². The van der Waals surface area contributed by atoms with Crippen molar-refractivity contribution in [3.8, 4) is 0 Å². The molecule has 0 bridgehead atoms. The summed E-state index contributed by atoms with van der Waals surface area (Å²) in [5.74, 6) is 0. The molecule has 0 aliphatic carbocycles. The fourth-order valence-electron chi connectivity index (χ4n) is 1.33. The molecule has 0 atom stereocenters. The van der Waals surface area contributed by atoms with E-state index in [1.54, 1.807) is 10.9 Å². The van der Waals surface area contributed by atoms with E-state index in [1.807, 2.05) is 24.3 Å². The number of halogens is 1. The van der Waals surface area contributed by atoms with Crippen LogP contribution >= 0.6 is 11.6 Å². The van der Waals surface area contributed by atoms with Gasteiger partial charge in [-0.05, 0) is 17.7 Å². The average molecular weight is 223 g/mol. The zero-order chi connectivity index (χ0) is 10.7. The summed E-state index contributed by atoms with van der Waals surface area (Å²) in [7, 11) is 0. The van der Waals surface area contributed by atoms with Crippen LogP contribution in [0.2, 0.25) is 5.02 Å². The van der Waals surface area contributed by atoms with Crippen LogP contribution in [0.15, 0.2) is 30.5 Å². The third-order valence-corrected chi connectivity index (χ3v) is 2.40. The van der Waals surface area contributed by atoms with E-state index in [1.165, 1.54) is 0 Å². The van der Waals surface area contributed by atoms with Crippen molar-refractivity contribution in [3.05, 3.63) is 46.7 Å². The van der Waals surface area contributed by atoms with Crippen molar-refractivity contribution in [2.75, 3.05) is 0 Å². The molecular formula is C10H11ClN4. The maximum Gasteiger partial charge on any atom is 0.0738 e. The third kappa shape index (κ3) is 2.34. The van der Waals surface area contributed by atoms with Crippen LogP contribution in [0, 0.1) is 0 Å². The fourth-order valence-corrected chi connectivity index (χ4v) is 1.46. The molecule has 0 radical (unpaired) electrons. The van der Waals surface area contributed by atoms with Crippen LogP contribution in [0.4, 0.5) is 0 Å². The van der Waals surface area contributed by atoms with Crippen molar-refractivity contribution in [1.82, 2.24) is 15.0 Å². The lowest BCUT2D eigenvalue weighted by Crippen LogP contribution is -2.09. The Labute approximate surface area is 92.7 Å². The minimum atomic E-state index is 0.445. The molecule has 2 rings (SSSR count). The highest BCUT2D eigenvalue weighted by Crippen LogP contribution is 2.10. The van der Waals surface area contributed by atoms with Gasteiger partial charge in [-0.25, -0.2) is 4.68 Å². The molecule has 0 aliphatic heterocycles. The fraction of sp³-hybridized carbons (Fsp3) is 0.200. The van der Waals surface area contributed by atoms with Gasteiger partial charge in [0.05, 0.1) is 18.4 Å². The first-order chi connectivity index (χ1) is 7.29. The predicted octanol–water partition coefficient (Wildman–Crippen LogP) is 1.44. The summed E-state index contributed by atoms with van der Waals surface area (Å²) in [5.41, 5.74) is 7.60. The molecular weight excluding hydrogens is 212 g/mol. The van der Waals surface area contributed by atoms with Crippen LogP contribution in [-0.4, -0.2) is 15.0 Å². The summed E-state index contributed by atoms with van der Waals surface area (Å²) in [6.07, 6.45) is 1.68. The SMILES string of the molecule is NCc1cnnn1Cc1ccc(Cl)cc1. The van der Waals surface area contributed by atoms with Gasteiger partial charge in [-0.2, -0.15) is 0 Å². The van der Waals surface area contributed by atoms with E-state index >= 15 is 0 Å². The number of rotatable bonds is 3. The highest BCUT2D eigenvalue weighted by Gasteiger charge is 2.02. The summed E-state index contributed by atoms with van der Waals surface area (Å²) in [5, 5.41) is 8.50. The van der Waals surface area contributed by atoms with Crippen molar-refractivity contribution in [3.63, 3.8) is 0 Å². The second-order valence-electron chi connectivity index (χ2n) is 3.21. The highest BCUT2D eigenvalue weighted by molar-refractivity contribution is 6.30. The number of aromatic nitrogens is 3. The van der Waals surface area contributed by atoms with Gasteiger partial charge in [0.25, 0.3) is 0 Å². The molecule has 1 heterocycles. The zero-order valence-corrected chi connectivity index (χ0v) is 8.85. The van der Waals surface area contributed by atoms with E-state index in [2.05, 4.69) is 10.3 Å². The van der Waals surface area contributed by atoms with E-state index in [-0.39, 0.29) is 0 Å². The van der Waals surface area contributed by atoms with Crippen molar-refractivity contribution < 1.29 is 0 Å². The summed E-state index contributed by atoms with van der Waals surface area (Å²) < 4.78 is 1.78. The Morgan fingerprint density at radius 1 is 1.27 bits per heavy atom. The molecule has 0 unspecified atom stereocenters. The Balaban J connectivity index is 2.18. The van der Waals surface area contributed by atoms with Crippen molar-refractivity contribution >= 4 is 11.6 Å². The first-order valence-corrected chi connectivity index (χ1v) is 4.99. The Bertz CT molecular complexity index is 435. The lowest BCUT2D eigenvalue weighted by molar-refractivity contribution is 0.619. The summed E-state index contributed by atoms with van der Waals surface area (Å²) in [4.78, 5) is 0. The largest absolute Gasteiger partial charge is 0.325 e. The number of benzene rings is 1.